The van der Waals surface area contributed by atoms with E-state index in [4.69, 9.17) is 4.74 Å². The molecule has 0 unspecified atom stereocenters. The van der Waals surface area contributed by atoms with Crippen LogP contribution < -0.4 is 0 Å². The van der Waals surface area contributed by atoms with Crippen molar-refractivity contribution >= 4 is 32.0 Å². The zero-order valence-electron chi connectivity index (χ0n) is 11.5. The number of halogens is 1. The van der Waals surface area contributed by atoms with Crippen molar-refractivity contribution in [2.45, 2.75) is 11.8 Å². The molecule has 1 aliphatic rings. The Hall–Kier alpha value is -1.19. The first-order valence-corrected chi connectivity index (χ1v) is 8.71. The molecule has 1 saturated heterocycles. The molecule has 0 aromatic carbocycles. The first kappa shape index (κ1) is 16.2. The first-order chi connectivity index (χ1) is 9.95. The number of sulfonamides is 1. The van der Waals surface area contributed by atoms with Crippen LogP contribution in [0.4, 0.5) is 4.79 Å². The number of carbonyl (C=O) groups is 1. The van der Waals surface area contributed by atoms with E-state index in [0.717, 1.165) is 0 Å². The molecular weight excluding hydrogens is 362 g/mol. The fourth-order valence-corrected chi connectivity index (χ4v) is 3.94. The van der Waals surface area contributed by atoms with E-state index in [1.54, 1.807) is 6.92 Å². The van der Waals surface area contributed by atoms with Crippen LogP contribution in [-0.4, -0.2) is 61.5 Å². The Kier molecular flexibility index (Phi) is 5.17. The number of carbonyl (C=O) groups excluding carboxylic acids is 1. The van der Waals surface area contributed by atoms with Crippen molar-refractivity contribution in [2.24, 2.45) is 0 Å². The third-order valence-electron chi connectivity index (χ3n) is 3.08. The summed E-state index contributed by atoms with van der Waals surface area (Å²) in [6, 6.07) is 1.51. The second-order valence-corrected chi connectivity index (χ2v) is 7.28. The van der Waals surface area contributed by atoms with Crippen molar-refractivity contribution in [3.8, 4) is 0 Å². The van der Waals surface area contributed by atoms with Crippen molar-refractivity contribution in [3.05, 3.63) is 22.9 Å². The highest BCUT2D eigenvalue weighted by atomic mass is 79.9. The summed E-state index contributed by atoms with van der Waals surface area (Å²) in [7, 11) is -3.58. The standard InChI is InChI=1S/C12H16BrN3O4S/c1-2-20-12(17)15-3-5-16(6-4-15)21(18,19)11-7-10(13)8-14-9-11/h7-9H,2-6H2,1H3. The summed E-state index contributed by atoms with van der Waals surface area (Å²) in [4.78, 5) is 17.1. The predicted octanol–water partition coefficient (Wildman–Crippen LogP) is 1.31. The largest absolute Gasteiger partial charge is 0.450 e. The molecule has 1 aromatic rings. The van der Waals surface area contributed by atoms with Crippen LogP contribution >= 0.6 is 15.9 Å². The Labute approximate surface area is 132 Å². The second-order valence-electron chi connectivity index (χ2n) is 4.43. The fourth-order valence-electron chi connectivity index (χ4n) is 2.01. The smallest absolute Gasteiger partial charge is 0.409 e. The topological polar surface area (TPSA) is 79.8 Å². The average molecular weight is 378 g/mol. The van der Waals surface area contributed by atoms with Gasteiger partial charge in [0.1, 0.15) is 4.90 Å². The maximum absolute atomic E-state index is 12.5. The van der Waals surface area contributed by atoms with Gasteiger partial charge in [-0.3, -0.25) is 4.98 Å². The Morgan fingerprint density at radius 1 is 1.33 bits per heavy atom. The zero-order valence-corrected chi connectivity index (χ0v) is 13.9. The summed E-state index contributed by atoms with van der Waals surface area (Å²) < 4.78 is 31.8. The van der Waals surface area contributed by atoms with Gasteiger partial charge >= 0.3 is 6.09 Å². The summed E-state index contributed by atoms with van der Waals surface area (Å²) in [6.45, 7) is 3.17. The lowest BCUT2D eigenvalue weighted by molar-refractivity contribution is 0.0934. The van der Waals surface area contributed by atoms with Gasteiger partial charge in [0.05, 0.1) is 6.61 Å². The number of nitrogens with zero attached hydrogens (tertiary/aromatic N) is 3. The Balaban J connectivity index is 2.06. The van der Waals surface area contributed by atoms with Gasteiger partial charge in [0.15, 0.2) is 0 Å². The molecular formula is C12H16BrN3O4S. The summed E-state index contributed by atoms with van der Waals surface area (Å²) in [5, 5.41) is 0. The molecule has 7 nitrogen and oxygen atoms in total. The number of amides is 1. The van der Waals surface area contributed by atoms with Crippen molar-refractivity contribution < 1.29 is 17.9 Å². The van der Waals surface area contributed by atoms with Gasteiger partial charge in [-0.2, -0.15) is 4.31 Å². The van der Waals surface area contributed by atoms with Crippen LogP contribution in [0, 0.1) is 0 Å². The Bertz CT molecular complexity index is 615. The number of hydrogen-bond donors (Lipinski definition) is 0. The van der Waals surface area contributed by atoms with Crippen LogP contribution in [0.1, 0.15) is 6.92 Å². The number of rotatable bonds is 3. The predicted molar refractivity (Wildman–Crippen MR) is 79.3 cm³/mol. The molecule has 0 radical (unpaired) electrons. The third-order valence-corrected chi connectivity index (χ3v) is 5.38. The van der Waals surface area contributed by atoms with Gasteiger partial charge in [0, 0.05) is 43.0 Å². The molecule has 1 aromatic heterocycles. The molecule has 2 heterocycles. The normalized spacial score (nSPS) is 16.8. The zero-order chi connectivity index (χ0) is 15.5. The van der Waals surface area contributed by atoms with Gasteiger partial charge in [-0.25, -0.2) is 13.2 Å². The molecule has 1 amide bonds. The van der Waals surface area contributed by atoms with Crippen LogP contribution in [0.15, 0.2) is 27.8 Å². The van der Waals surface area contributed by atoms with Crippen LogP contribution in [0.3, 0.4) is 0 Å². The molecule has 9 heteroatoms. The minimum atomic E-state index is -3.58. The summed E-state index contributed by atoms with van der Waals surface area (Å²) in [5.74, 6) is 0. The highest BCUT2D eigenvalue weighted by Crippen LogP contribution is 2.20. The van der Waals surface area contributed by atoms with Gasteiger partial charge < -0.3 is 9.64 Å². The number of ether oxygens (including phenoxy) is 1. The molecule has 0 aliphatic carbocycles. The lowest BCUT2D eigenvalue weighted by Gasteiger charge is -2.33. The van der Waals surface area contributed by atoms with E-state index in [1.165, 1.54) is 27.7 Å². The Morgan fingerprint density at radius 3 is 2.57 bits per heavy atom. The minimum absolute atomic E-state index is 0.140. The molecule has 1 aliphatic heterocycles. The maximum Gasteiger partial charge on any atom is 0.409 e. The molecule has 21 heavy (non-hydrogen) atoms. The van der Waals surface area contributed by atoms with Crippen LogP contribution in [0.25, 0.3) is 0 Å². The summed E-state index contributed by atoms with van der Waals surface area (Å²) >= 11 is 3.21. The van der Waals surface area contributed by atoms with Crippen molar-refractivity contribution in [2.75, 3.05) is 32.8 Å². The maximum atomic E-state index is 12.5. The fraction of sp³-hybridized carbons (Fsp3) is 0.500. The molecule has 0 atom stereocenters. The van der Waals surface area contributed by atoms with E-state index in [9.17, 15) is 13.2 Å². The van der Waals surface area contributed by atoms with Crippen LogP contribution in [0.5, 0.6) is 0 Å². The van der Waals surface area contributed by atoms with Crippen LogP contribution in [0.2, 0.25) is 0 Å². The molecule has 0 saturated carbocycles. The van der Waals surface area contributed by atoms with Crippen molar-refractivity contribution in [1.82, 2.24) is 14.2 Å². The number of hydrogen-bond acceptors (Lipinski definition) is 5. The molecule has 2 rings (SSSR count). The minimum Gasteiger partial charge on any atom is -0.450 e. The van der Waals surface area contributed by atoms with Gasteiger partial charge in [0.25, 0.3) is 0 Å². The molecule has 116 valence electrons. The SMILES string of the molecule is CCOC(=O)N1CCN(S(=O)(=O)c2cncc(Br)c2)CC1. The highest BCUT2D eigenvalue weighted by molar-refractivity contribution is 9.10. The van der Waals surface area contributed by atoms with Gasteiger partial charge in [-0.1, -0.05) is 0 Å². The van der Waals surface area contributed by atoms with Gasteiger partial charge in [0.2, 0.25) is 10.0 Å². The number of piperazine rings is 1. The van der Waals surface area contributed by atoms with E-state index in [0.29, 0.717) is 24.2 Å². The van der Waals surface area contributed by atoms with Gasteiger partial charge in [-0.05, 0) is 28.9 Å². The van der Waals surface area contributed by atoms with E-state index in [2.05, 4.69) is 20.9 Å². The molecule has 0 N–H and O–H groups in total. The second kappa shape index (κ2) is 6.71. The number of aromatic nitrogens is 1. The summed E-state index contributed by atoms with van der Waals surface area (Å²) in [5.41, 5.74) is 0. The molecule has 0 spiro atoms. The van der Waals surface area contributed by atoms with E-state index < -0.39 is 16.1 Å². The van der Waals surface area contributed by atoms with Crippen molar-refractivity contribution in [1.29, 1.82) is 0 Å². The number of pyridine rings is 1. The first-order valence-electron chi connectivity index (χ1n) is 6.47. The lowest BCUT2D eigenvalue weighted by Crippen LogP contribution is -2.50. The van der Waals surface area contributed by atoms with E-state index in [1.807, 2.05) is 0 Å². The quantitative estimate of drug-likeness (QED) is 0.792. The van der Waals surface area contributed by atoms with E-state index >= 15 is 0 Å². The van der Waals surface area contributed by atoms with Crippen LogP contribution in [-0.2, 0) is 14.8 Å². The molecule has 0 bridgehead atoms. The lowest BCUT2D eigenvalue weighted by atomic mass is 10.4. The highest BCUT2D eigenvalue weighted by Gasteiger charge is 2.30. The van der Waals surface area contributed by atoms with Crippen molar-refractivity contribution in [3.63, 3.8) is 0 Å². The monoisotopic (exact) mass is 377 g/mol. The molecule has 1 fully saturated rings. The Morgan fingerprint density at radius 2 is 2.00 bits per heavy atom. The van der Waals surface area contributed by atoms with E-state index in [-0.39, 0.29) is 18.0 Å². The average Bonchev–Trinajstić information content (AvgIpc) is 2.47. The third kappa shape index (κ3) is 3.72. The summed E-state index contributed by atoms with van der Waals surface area (Å²) in [6.07, 6.45) is 2.44. The van der Waals surface area contributed by atoms with Gasteiger partial charge in [-0.15, -0.1) is 0 Å².